The van der Waals surface area contributed by atoms with Crippen LogP contribution in [-0.2, 0) is 0 Å². The van der Waals surface area contributed by atoms with Crippen molar-refractivity contribution in [2.75, 3.05) is 37.4 Å². The lowest BCUT2D eigenvalue weighted by molar-refractivity contribution is 0.252. The highest BCUT2D eigenvalue weighted by atomic mass is 79.9. The van der Waals surface area contributed by atoms with Crippen molar-refractivity contribution in [3.63, 3.8) is 0 Å². The molecule has 4 aromatic rings. The van der Waals surface area contributed by atoms with Crippen molar-refractivity contribution in [1.29, 1.82) is 0 Å². The number of halogens is 1. The summed E-state index contributed by atoms with van der Waals surface area (Å²) in [5.41, 5.74) is 1.12. The Labute approximate surface area is 212 Å². The molecule has 0 bridgehead atoms. The van der Waals surface area contributed by atoms with Crippen LogP contribution >= 0.6 is 15.9 Å². The first-order valence-corrected chi connectivity index (χ1v) is 12.4. The first-order valence-electron chi connectivity index (χ1n) is 11.6. The van der Waals surface area contributed by atoms with Gasteiger partial charge in [-0.25, -0.2) is 4.98 Å². The van der Waals surface area contributed by atoms with Crippen LogP contribution in [0.2, 0.25) is 0 Å². The second-order valence-corrected chi connectivity index (χ2v) is 9.63. The van der Waals surface area contributed by atoms with Crippen LogP contribution in [0.15, 0.2) is 70.1 Å². The van der Waals surface area contributed by atoms with Crippen molar-refractivity contribution in [3.05, 3.63) is 75.6 Å². The van der Waals surface area contributed by atoms with Crippen LogP contribution in [0.1, 0.15) is 12.8 Å². The van der Waals surface area contributed by atoms with Gasteiger partial charge in [-0.1, -0.05) is 18.2 Å². The fraction of sp³-hybridized carbons (Fsp3) is 0.269. The van der Waals surface area contributed by atoms with Gasteiger partial charge in [0.2, 0.25) is 5.95 Å². The topological polar surface area (TPSA) is 86.4 Å². The molecule has 0 aliphatic carbocycles. The zero-order valence-corrected chi connectivity index (χ0v) is 21.2. The summed E-state index contributed by atoms with van der Waals surface area (Å²) >= 11 is 3.55. The highest BCUT2D eigenvalue weighted by molar-refractivity contribution is 9.10. The molecule has 1 fully saturated rings. The maximum Gasteiger partial charge on any atom is 0.261 e. The monoisotopic (exact) mass is 534 g/mol. The van der Waals surface area contributed by atoms with Gasteiger partial charge in [0.05, 0.1) is 9.99 Å². The number of nitrogens with zero attached hydrogens (tertiary/aromatic N) is 4. The molecule has 9 heteroatoms. The molecule has 0 amide bonds. The molecule has 0 saturated carbocycles. The van der Waals surface area contributed by atoms with E-state index in [1.807, 2.05) is 61.6 Å². The number of benzene rings is 2. The van der Waals surface area contributed by atoms with Gasteiger partial charge in [0.1, 0.15) is 22.7 Å². The number of ether oxygens (including phenoxy) is 1. The maximum atomic E-state index is 12.8. The van der Waals surface area contributed by atoms with Crippen molar-refractivity contribution in [1.82, 2.24) is 19.9 Å². The van der Waals surface area contributed by atoms with Gasteiger partial charge < -0.3 is 24.8 Å². The summed E-state index contributed by atoms with van der Waals surface area (Å²) in [6.07, 6.45) is 3.70. The number of nitrogens with one attached hydrogen (secondary N) is 2. The van der Waals surface area contributed by atoms with Crippen LogP contribution in [-0.4, -0.2) is 53.1 Å². The first-order chi connectivity index (χ1) is 17.0. The van der Waals surface area contributed by atoms with Gasteiger partial charge in [0, 0.05) is 25.0 Å². The molecule has 2 aromatic heterocycles. The number of piperidine rings is 1. The maximum absolute atomic E-state index is 12.8. The van der Waals surface area contributed by atoms with Crippen molar-refractivity contribution in [2.45, 2.75) is 18.9 Å². The van der Waals surface area contributed by atoms with Crippen LogP contribution in [0.5, 0.6) is 11.5 Å². The molecule has 5 rings (SSSR count). The normalized spacial score (nSPS) is 14.7. The van der Waals surface area contributed by atoms with E-state index in [1.165, 1.54) is 0 Å². The minimum Gasteiger partial charge on any atom is -0.457 e. The summed E-state index contributed by atoms with van der Waals surface area (Å²) in [7, 11) is 4.17. The van der Waals surface area contributed by atoms with Gasteiger partial charge in [-0.2, -0.15) is 4.98 Å². The Balaban J connectivity index is 1.46. The first kappa shape index (κ1) is 23.3. The third-order valence-electron chi connectivity index (χ3n) is 6.33. The predicted octanol–water partition coefficient (Wildman–Crippen LogP) is 5.15. The van der Waals surface area contributed by atoms with E-state index in [-0.39, 0.29) is 5.56 Å². The van der Waals surface area contributed by atoms with Crippen molar-refractivity contribution >= 4 is 44.3 Å². The molecule has 0 atom stereocenters. The number of anilines is 3. The Morgan fingerprint density at radius 2 is 1.74 bits per heavy atom. The molecular formula is C26H27BrN6O2. The van der Waals surface area contributed by atoms with E-state index in [0.717, 1.165) is 43.1 Å². The Bertz CT molecular complexity index is 1370. The zero-order valence-electron chi connectivity index (χ0n) is 19.7. The standard InChI is InChI=1S/C26H27BrN6O2/c1-32-14-12-18(13-15-32)33(2)26-30-23-21(27)16-28-25(34)22(23)24(31-26)29-17-8-10-20(11-9-17)35-19-6-4-3-5-7-19/h3-11,16,18H,12-15H2,1-2H3,(H,28,34)(H,29,30,31). The van der Waals surface area contributed by atoms with Crippen LogP contribution in [0.4, 0.5) is 17.5 Å². The number of hydrogen-bond acceptors (Lipinski definition) is 7. The van der Waals surface area contributed by atoms with E-state index in [4.69, 9.17) is 14.7 Å². The highest BCUT2D eigenvalue weighted by Crippen LogP contribution is 2.30. The molecule has 1 aliphatic heterocycles. The number of rotatable bonds is 6. The second-order valence-electron chi connectivity index (χ2n) is 8.77. The number of likely N-dealkylation sites (tertiary alicyclic amines) is 1. The zero-order chi connectivity index (χ0) is 24.4. The van der Waals surface area contributed by atoms with E-state index < -0.39 is 0 Å². The lowest BCUT2D eigenvalue weighted by Gasteiger charge is -2.35. The molecule has 2 aromatic carbocycles. The average molecular weight is 535 g/mol. The van der Waals surface area contributed by atoms with Crippen LogP contribution in [0, 0.1) is 0 Å². The summed E-state index contributed by atoms with van der Waals surface area (Å²) in [5.74, 6) is 2.54. The minimum absolute atomic E-state index is 0.247. The van der Waals surface area contributed by atoms with Crippen LogP contribution in [0.25, 0.3) is 10.9 Å². The van der Waals surface area contributed by atoms with E-state index in [9.17, 15) is 4.79 Å². The molecule has 1 saturated heterocycles. The number of para-hydroxylation sites is 1. The molecule has 2 N–H and O–H groups in total. The second kappa shape index (κ2) is 10.1. The molecule has 3 heterocycles. The lowest BCUT2D eigenvalue weighted by Crippen LogP contribution is -2.42. The summed E-state index contributed by atoms with van der Waals surface area (Å²) in [6.45, 7) is 2.07. The largest absolute Gasteiger partial charge is 0.457 e. The smallest absolute Gasteiger partial charge is 0.261 e. The molecule has 1 aliphatic rings. The minimum atomic E-state index is -0.247. The van der Waals surface area contributed by atoms with Crippen LogP contribution < -0.4 is 20.5 Å². The number of hydrogen-bond donors (Lipinski definition) is 2. The van der Waals surface area contributed by atoms with Gasteiger partial charge in [0.25, 0.3) is 5.56 Å². The molecule has 180 valence electrons. The van der Waals surface area contributed by atoms with Crippen molar-refractivity contribution in [3.8, 4) is 11.5 Å². The number of pyridine rings is 1. The van der Waals surface area contributed by atoms with Gasteiger partial charge in [-0.15, -0.1) is 0 Å². The molecule has 35 heavy (non-hydrogen) atoms. The Hall–Kier alpha value is -3.43. The van der Waals surface area contributed by atoms with Gasteiger partial charge in [-0.05, 0) is 85.3 Å². The summed E-state index contributed by atoms with van der Waals surface area (Å²) in [6, 6.07) is 17.5. The number of fused-ring (bicyclic) bond motifs is 1. The third-order valence-corrected chi connectivity index (χ3v) is 6.93. The van der Waals surface area contributed by atoms with Crippen LogP contribution in [0.3, 0.4) is 0 Å². The fourth-order valence-electron chi connectivity index (χ4n) is 4.27. The van der Waals surface area contributed by atoms with E-state index >= 15 is 0 Å². The van der Waals surface area contributed by atoms with Gasteiger partial charge in [0.15, 0.2) is 0 Å². The SMILES string of the molecule is CN1CCC(N(C)c2nc(Nc3ccc(Oc4ccccc4)cc3)c3c(=O)[nH]cc(Br)c3n2)CC1. The quantitative estimate of drug-likeness (QED) is 0.353. The summed E-state index contributed by atoms with van der Waals surface area (Å²) in [5, 5.41) is 3.74. The van der Waals surface area contributed by atoms with E-state index in [1.54, 1.807) is 6.20 Å². The van der Waals surface area contributed by atoms with E-state index in [0.29, 0.717) is 33.2 Å². The van der Waals surface area contributed by atoms with E-state index in [2.05, 4.69) is 43.1 Å². The van der Waals surface area contributed by atoms with Crippen molar-refractivity contribution < 1.29 is 4.74 Å². The molecule has 8 nitrogen and oxygen atoms in total. The van der Waals surface area contributed by atoms with Gasteiger partial charge >= 0.3 is 0 Å². The highest BCUT2D eigenvalue weighted by Gasteiger charge is 2.24. The average Bonchev–Trinajstić information content (AvgIpc) is 2.88. The predicted molar refractivity (Wildman–Crippen MR) is 143 cm³/mol. The Morgan fingerprint density at radius 1 is 1.06 bits per heavy atom. The van der Waals surface area contributed by atoms with Crippen molar-refractivity contribution in [2.24, 2.45) is 0 Å². The third kappa shape index (κ3) is 5.16. The fourth-order valence-corrected chi connectivity index (χ4v) is 4.67. The van der Waals surface area contributed by atoms with Gasteiger partial charge in [-0.3, -0.25) is 4.79 Å². The summed E-state index contributed by atoms with van der Waals surface area (Å²) in [4.78, 5) is 29.6. The number of H-pyrrole nitrogens is 1. The molecule has 0 radical (unpaired) electrons. The number of aromatic nitrogens is 3. The molecule has 0 spiro atoms. The lowest BCUT2D eigenvalue weighted by atomic mass is 10.0. The number of aromatic amines is 1. The molecule has 0 unspecified atom stereocenters. The molecular weight excluding hydrogens is 508 g/mol. The Kier molecular flexibility index (Phi) is 6.70. The summed E-state index contributed by atoms with van der Waals surface area (Å²) < 4.78 is 6.60. The Morgan fingerprint density at radius 3 is 2.46 bits per heavy atom.